The maximum atomic E-state index is 5.73. The van der Waals surface area contributed by atoms with Crippen molar-refractivity contribution in [2.45, 2.75) is 0 Å². The van der Waals surface area contributed by atoms with Gasteiger partial charge in [0.15, 0.2) is 5.82 Å². The van der Waals surface area contributed by atoms with Gasteiger partial charge < -0.3 is 5.73 Å². The van der Waals surface area contributed by atoms with Crippen molar-refractivity contribution in [3.63, 3.8) is 0 Å². The molecule has 0 aliphatic carbocycles. The van der Waals surface area contributed by atoms with Gasteiger partial charge in [-0.25, -0.2) is 0 Å². The van der Waals surface area contributed by atoms with Crippen molar-refractivity contribution in [1.82, 2.24) is 13.7 Å². The van der Waals surface area contributed by atoms with Crippen LogP contribution in [0.4, 0.5) is 5.82 Å². The molecule has 0 atom stereocenters. The van der Waals surface area contributed by atoms with E-state index in [-0.39, 0.29) is 0 Å². The first-order valence-corrected chi connectivity index (χ1v) is 5.51. The Kier molecular flexibility index (Phi) is 2.04. The molecule has 0 bridgehead atoms. The van der Waals surface area contributed by atoms with Gasteiger partial charge in [0.05, 0.1) is 17.2 Å². The fraction of sp³-hybridized carbons (Fsp3) is 0. The van der Waals surface area contributed by atoms with E-state index in [1.165, 1.54) is 0 Å². The number of hydrogen-bond acceptors (Lipinski definition) is 5. The molecule has 78 valence electrons. The van der Waals surface area contributed by atoms with Crippen molar-refractivity contribution in [3.05, 3.63) is 36.5 Å². The highest BCUT2D eigenvalue weighted by Gasteiger charge is 2.07. The number of nitrogen functional groups attached to an aromatic ring is 1. The summed E-state index contributed by atoms with van der Waals surface area (Å²) in [7, 11) is 0. The molecule has 0 saturated carbocycles. The summed E-state index contributed by atoms with van der Waals surface area (Å²) in [5.74, 6) is 0.472. The van der Waals surface area contributed by atoms with E-state index < -0.39 is 0 Å². The quantitative estimate of drug-likeness (QED) is 0.694. The van der Waals surface area contributed by atoms with Crippen LogP contribution in [0.15, 0.2) is 36.5 Å². The van der Waals surface area contributed by atoms with Crippen LogP contribution in [0.3, 0.4) is 0 Å². The van der Waals surface area contributed by atoms with E-state index in [0.717, 1.165) is 33.9 Å². The summed E-state index contributed by atoms with van der Waals surface area (Å²) in [6.45, 7) is 0. The monoisotopic (exact) mass is 228 g/mol. The van der Waals surface area contributed by atoms with Crippen LogP contribution in [-0.2, 0) is 0 Å². The lowest BCUT2D eigenvalue weighted by Gasteiger charge is -2.00. The maximum Gasteiger partial charge on any atom is 0.165 e. The van der Waals surface area contributed by atoms with Crippen molar-refractivity contribution in [2.24, 2.45) is 0 Å². The lowest BCUT2D eigenvalue weighted by Crippen LogP contribution is -1.88. The molecule has 0 unspecified atom stereocenters. The molecule has 0 fully saturated rings. The van der Waals surface area contributed by atoms with Crippen LogP contribution in [-0.4, -0.2) is 13.7 Å². The van der Waals surface area contributed by atoms with Gasteiger partial charge in [-0.15, -0.1) is 0 Å². The predicted molar refractivity (Wildman–Crippen MR) is 65.1 cm³/mol. The number of anilines is 1. The molecule has 0 aliphatic heterocycles. The average Bonchev–Trinajstić information content (AvgIpc) is 2.75. The minimum Gasteiger partial charge on any atom is -0.381 e. The van der Waals surface area contributed by atoms with Crippen LogP contribution in [0.25, 0.3) is 22.2 Å². The zero-order chi connectivity index (χ0) is 11.0. The third-order valence-electron chi connectivity index (χ3n) is 2.39. The fourth-order valence-corrected chi connectivity index (χ4v) is 2.11. The Balaban J connectivity index is 2.23. The molecular formula is C11H8N4S. The molecule has 4 nitrogen and oxygen atoms in total. The van der Waals surface area contributed by atoms with Gasteiger partial charge in [-0.3, -0.25) is 4.98 Å². The molecule has 2 heterocycles. The van der Waals surface area contributed by atoms with E-state index in [9.17, 15) is 0 Å². The van der Waals surface area contributed by atoms with E-state index in [1.807, 2.05) is 30.3 Å². The highest BCUT2D eigenvalue weighted by Crippen LogP contribution is 2.26. The van der Waals surface area contributed by atoms with Crippen LogP contribution in [0.2, 0.25) is 0 Å². The first kappa shape index (κ1) is 9.23. The summed E-state index contributed by atoms with van der Waals surface area (Å²) in [5, 5.41) is 1.10. The molecule has 2 aromatic heterocycles. The zero-order valence-corrected chi connectivity index (χ0v) is 9.11. The molecule has 0 amide bonds. The van der Waals surface area contributed by atoms with Crippen LogP contribution in [0.5, 0.6) is 0 Å². The first-order valence-electron chi connectivity index (χ1n) is 4.78. The molecule has 0 radical (unpaired) electrons. The Bertz CT molecular complexity index is 647. The summed E-state index contributed by atoms with van der Waals surface area (Å²) >= 11 is 1.12. The fourth-order valence-electron chi connectivity index (χ4n) is 1.61. The van der Waals surface area contributed by atoms with Gasteiger partial charge in [0, 0.05) is 17.1 Å². The molecule has 3 rings (SSSR count). The second-order valence-electron chi connectivity index (χ2n) is 3.41. The minimum absolute atomic E-state index is 0.472. The molecule has 5 heteroatoms. The highest BCUT2D eigenvalue weighted by molar-refractivity contribution is 6.99. The summed E-state index contributed by atoms with van der Waals surface area (Å²) in [4.78, 5) is 4.30. The highest BCUT2D eigenvalue weighted by atomic mass is 32.1. The second kappa shape index (κ2) is 3.53. The Morgan fingerprint density at radius 1 is 1.12 bits per heavy atom. The zero-order valence-electron chi connectivity index (χ0n) is 8.29. The van der Waals surface area contributed by atoms with Gasteiger partial charge in [-0.1, -0.05) is 18.2 Å². The number of aromatic nitrogens is 3. The number of benzene rings is 1. The van der Waals surface area contributed by atoms with Crippen molar-refractivity contribution in [1.29, 1.82) is 0 Å². The number of rotatable bonds is 1. The molecular weight excluding hydrogens is 220 g/mol. The van der Waals surface area contributed by atoms with Gasteiger partial charge in [0.1, 0.15) is 5.69 Å². The van der Waals surface area contributed by atoms with Crippen molar-refractivity contribution < 1.29 is 0 Å². The normalized spacial score (nSPS) is 10.8. The number of nitrogens with zero attached hydrogens (tertiary/aromatic N) is 3. The van der Waals surface area contributed by atoms with E-state index in [4.69, 9.17) is 5.73 Å². The Morgan fingerprint density at radius 2 is 2.06 bits per heavy atom. The summed E-state index contributed by atoms with van der Waals surface area (Å²) in [6, 6.07) is 9.91. The Labute approximate surface area is 96.1 Å². The number of hydrogen-bond donors (Lipinski definition) is 1. The number of pyridine rings is 1. The van der Waals surface area contributed by atoms with Crippen LogP contribution >= 0.6 is 11.7 Å². The Hall–Kier alpha value is -2.01. The van der Waals surface area contributed by atoms with Crippen molar-refractivity contribution in [2.75, 3.05) is 5.73 Å². The number of nitrogens with two attached hydrogens (primary N) is 1. The lowest BCUT2D eigenvalue weighted by atomic mass is 10.1. The summed E-state index contributed by atoms with van der Waals surface area (Å²) in [5.41, 5.74) is 8.36. The first-order chi connectivity index (χ1) is 7.84. The molecule has 0 saturated heterocycles. The smallest absolute Gasteiger partial charge is 0.165 e. The van der Waals surface area contributed by atoms with Gasteiger partial charge in [-0.2, -0.15) is 8.75 Å². The molecule has 1 aromatic carbocycles. The van der Waals surface area contributed by atoms with Gasteiger partial charge in [-0.05, 0) is 12.1 Å². The van der Waals surface area contributed by atoms with Crippen LogP contribution in [0.1, 0.15) is 0 Å². The minimum atomic E-state index is 0.472. The summed E-state index contributed by atoms with van der Waals surface area (Å²) in [6.07, 6.45) is 1.77. The molecule has 16 heavy (non-hydrogen) atoms. The van der Waals surface area contributed by atoms with Crippen molar-refractivity contribution >= 4 is 28.4 Å². The molecule has 2 N–H and O–H groups in total. The van der Waals surface area contributed by atoms with E-state index >= 15 is 0 Å². The molecule has 0 aliphatic rings. The topological polar surface area (TPSA) is 64.7 Å². The van der Waals surface area contributed by atoms with Crippen molar-refractivity contribution in [3.8, 4) is 11.3 Å². The van der Waals surface area contributed by atoms with Gasteiger partial charge in [0.2, 0.25) is 0 Å². The molecule has 0 spiro atoms. The van der Waals surface area contributed by atoms with E-state index in [1.54, 1.807) is 6.20 Å². The third kappa shape index (κ3) is 1.42. The second-order valence-corrected chi connectivity index (χ2v) is 3.94. The van der Waals surface area contributed by atoms with Crippen LogP contribution < -0.4 is 5.73 Å². The lowest BCUT2D eigenvalue weighted by molar-refractivity contribution is 1.41. The van der Waals surface area contributed by atoms with Gasteiger partial charge in [0.25, 0.3) is 0 Å². The average molecular weight is 228 g/mol. The summed E-state index contributed by atoms with van der Waals surface area (Å²) < 4.78 is 8.13. The van der Waals surface area contributed by atoms with E-state index in [2.05, 4.69) is 13.7 Å². The van der Waals surface area contributed by atoms with Crippen LogP contribution in [0, 0.1) is 0 Å². The Morgan fingerprint density at radius 3 is 2.88 bits per heavy atom. The number of fused-ring (bicyclic) bond motifs is 1. The molecule has 3 aromatic rings. The SMILES string of the molecule is Nc1nsnc1-c1ccc2cccnc2c1. The van der Waals surface area contributed by atoms with Gasteiger partial charge >= 0.3 is 0 Å². The standard InChI is InChI=1S/C11H8N4S/c12-11-10(14-16-15-11)8-4-3-7-2-1-5-13-9(7)6-8/h1-6H,(H2,12,15). The predicted octanol–water partition coefficient (Wildman–Crippen LogP) is 2.34. The maximum absolute atomic E-state index is 5.73. The van der Waals surface area contributed by atoms with E-state index in [0.29, 0.717) is 5.82 Å². The third-order valence-corrected chi connectivity index (χ3v) is 2.94. The largest absolute Gasteiger partial charge is 0.381 e.